The van der Waals surface area contributed by atoms with Gasteiger partial charge in [-0.15, -0.1) is 0 Å². The van der Waals surface area contributed by atoms with Gasteiger partial charge in [0.05, 0.1) is 16.8 Å². The minimum absolute atomic E-state index is 0.317. The Morgan fingerprint density at radius 3 is 2.47 bits per heavy atom. The highest BCUT2D eigenvalue weighted by Crippen LogP contribution is 2.32. The van der Waals surface area contributed by atoms with E-state index >= 15 is 0 Å². The van der Waals surface area contributed by atoms with Crippen LogP contribution in [0.25, 0.3) is 28.0 Å². The molecule has 1 saturated carbocycles. The number of para-hydroxylation sites is 1. The fraction of sp³-hybridized carbons (Fsp3) is 0.304. The molecule has 30 heavy (non-hydrogen) atoms. The first-order valence-corrected chi connectivity index (χ1v) is 10.5. The van der Waals surface area contributed by atoms with Crippen molar-refractivity contribution in [1.29, 1.82) is 0 Å². The average Bonchev–Trinajstić information content (AvgIpc) is 3.40. The van der Waals surface area contributed by atoms with Gasteiger partial charge in [-0.3, -0.25) is 4.98 Å². The standard InChI is InChI=1S/C23H25N7/c24-21-20(16-8-5-13-26-14-16)22(25)28-23(27-21)30-19-10-4-3-9-17(19)18(29-30)12-11-15-6-1-2-7-15/h3-5,8-10,13-15H,1-2,6-7,11-12H2,(H4,24,25,27,28). The fourth-order valence-corrected chi connectivity index (χ4v) is 4.49. The summed E-state index contributed by atoms with van der Waals surface area (Å²) in [4.78, 5) is 13.2. The van der Waals surface area contributed by atoms with Crippen LogP contribution < -0.4 is 11.5 Å². The van der Waals surface area contributed by atoms with Crippen LogP contribution in [-0.2, 0) is 6.42 Å². The summed E-state index contributed by atoms with van der Waals surface area (Å²) in [7, 11) is 0. The van der Waals surface area contributed by atoms with Crippen LogP contribution in [0.5, 0.6) is 0 Å². The summed E-state index contributed by atoms with van der Waals surface area (Å²) in [5, 5.41) is 6.01. The molecular formula is C23H25N7. The number of rotatable bonds is 5. The number of anilines is 2. The zero-order valence-electron chi connectivity index (χ0n) is 16.8. The molecule has 7 nitrogen and oxygen atoms in total. The number of fused-ring (bicyclic) bond motifs is 1. The highest BCUT2D eigenvalue weighted by molar-refractivity contribution is 5.85. The third kappa shape index (κ3) is 3.36. The van der Waals surface area contributed by atoms with Crippen LogP contribution >= 0.6 is 0 Å². The van der Waals surface area contributed by atoms with Gasteiger partial charge in [-0.1, -0.05) is 49.9 Å². The largest absolute Gasteiger partial charge is 0.383 e. The first kappa shape index (κ1) is 18.5. The number of aryl methyl sites for hydroxylation is 1. The molecule has 0 spiro atoms. The molecule has 0 unspecified atom stereocenters. The van der Waals surface area contributed by atoms with E-state index in [9.17, 15) is 0 Å². The van der Waals surface area contributed by atoms with E-state index in [1.54, 1.807) is 17.1 Å². The Morgan fingerprint density at radius 1 is 0.967 bits per heavy atom. The average molecular weight is 400 g/mol. The molecule has 3 aromatic heterocycles. The molecule has 4 N–H and O–H groups in total. The monoisotopic (exact) mass is 399 g/mol. The van der Waals surface area contributed by atoms with Gasteiger partial charge in [0.25, 0.3) is 5.95 Å². The molecule has 0 radical (unpaired) electrons. The van der Waals surface area contributed by atoms with E-state index in [1.165, 1.54) is 32.1 Å². The molecule has 1 aliphatic rings. The van der Waals surface area contributed by atoms with Crippen LogP contribution in [0.4, 0.5) is 11.6 Å². The van der Waals surface area contributed by atoms with Crippen molar-refractivity contribution >= 4 is 22.5 Å². The van der Waals surface area contributed by atoms with Crippen molar-refractivity contribution in [2.75, 3.05) is 11.5 Å². The van der Waals surface area contributed by atoms with E-state index < -0.39 is 0 Å². The minimum atomic E-state index is 0.317. The summed E-state index contributed by atoms with van der Waals surface area (Å²) >= 11 is 0. The lowest BCUT2D eigenvalue weighted by Gasteiger charge is -2.10. The van der Waals surface area contributed by atoms with Gasteiger partial charge in [0.15, 0.2) is 0 Å². The maximum atomic E-state index is 6.28. The molecule has 5 rings (SSSR count). The van der Waals surface area contributed by atoms with Gasteiger partial charge in [-0.25, -0.2) is 0 Å². The third-order valence-electron chi connectivity index (χ3n) is 6.02. The molecule has 0 saturated heterocycles. The molecule has 1 fully saturated rings. The fourth-order valence-electron chi connectivity index (χ4n) is 4.49. The molecule has 1 aromatic carbocycles. The van der Waals surface area contributed by atoms with Gasteiger partial charge < -0.3 is 11.5 Å². The maximum absolute atomic E-state index is 6.28. The molecule has 0 aliphatic heterocycles. The van der Waals surface area contributed by atoms with Gasteiger partial charge in [0.2, 0.25) is 0 Å². The van der Waals surface area contributed by atoms with Crippen LogP contribution in [0.3, 0.4) is 0 Å². The minimum Gasteiger partial charge on any atom is -0.383 e. The molecule has 3 heterocycles. The highest BCUT2D eigenvalue weighted by Gasteiger charge is 2.20. The summed E-state index contributed by atoms with van der Waals surface area (Å²) < 4.78 is 1.76. The Hall–Kier alpha value is -3.48. The summed E-state index contributed by atoms with van der Waals surface area (Å²) in [6, 6.07) is 11.9. The SMILES string of the molecule is Nc1nc(-n2nc(CCC3CCCC3)c3ccccc32)nc(N)c1-c1cccnc1. The number of nitrogen functional groups attached to an aromatic ring is 2. The number of benzene rings is 1. The third-order valence-corrected chi connectivity index (χ3v) is 6.02. The van der Waals surface area contributed by atoms with Crippen LogP contribution in [-0.4, -0.2) is 24.7 Å². The van der Waals surface area contributed by atoms with Crippen molar-refractivity contribution in [3.8, 4) is 17.1 Å². The Bertz CT molecular complexity index is 1150. The van der Waals surface area contributed by atoms with Crippen molar-refractivity contribution in [3.63, 3.8) is 0 Å². The highest BCUT2D eigenvalue weighted by atomic mass is 15.4. The lowest BCUT2D eigenvalue weighted by molar-refractivity contribution is 0.500. The number of nitrogens with two attached hydrogens (primary N) is 2. The van der Waals surface area contributed by atoms with E-state index in [0.29, 0.717) is 23.1 Å². The molecule has 4 aromatic rings. The van der Waals surface area contributed by atoms with Crippen molar-refractivity contribution in [3.05, 3.63) is 54.5 Å². The molecule has 0 atom stereocenters. The molecule has 0 amide bonds. The lowest BCUT2D eigenvalue weighted by Crippen LogP contribution is -2.10. The molecular weight excluding hydrogens is 374 g/mol. The van der Waals surface area contributed by atoms with E-state index in [0.717, 1.165) is 34.5 Å². The van der Waals surface area contributed by atoms with Gasteiger partial charge in [-0.2, -0.15) is 19.7 Å². The molecule has 7 heteroatoms. The van der Waals surface area contributed by atoms with Gasteiger partial charge in [0.1, 0.15) is 11.6 Å². The number of hydrogen-bond acceptors (Lipinski definition) is 6. The predicted molar refractivity (Wildman–Crippen MR) is 119 cm³/mol. The summed E-state index contributed by atoms with van der Waals surface area (Å²) in [6.07, 6.45) is 10.9. The zero-order valence-corrected chi connectivity index (χ0v) is 16.8. The summed E-state index contributed by atoms with van der Waals surface area (Å²) in [5.74, 6) is 1.84. The van der Waals surface area contributed by atoms with E-state index in [2.05, 4.69) is 21.0 Å². The van der Waals surface area contributed by atoms with E-state index in [4.69, 9.17) is 16.6 Å². The Labute approximate surface area is 175 Å². The number of aromatic nitrogens is 5. The molecule has 1 aliphatic carbocycles. The van der Waals surface area contributed by atoms with Crippen molar-refractivity contribution in [2.45, 2.75) is 38.5 Å². The number of nitrogens with zero attached hydrogens (tertiary/aromatic N) is 5. The molecule has 0 bridgehead atoms. The molecule has 152 valence electrons. The summed E-state index contributed by atoms with van der Waals surface area (Å²) in [5.41, 5.74) is 16.0. The van der Waals surface area contributed by atoms with E-state index in [-0.39, 0.29) is 0 Å². The van der Waals surface area contributed by atoms with Crippen molar-refractivity contribution in [1.82, 2.24) is 24.7 Å². The van der Waals surface area contributed by atoms with Crippen LogP contribution in [0.15, 0.2) is 48.8 Å². The van der Waals surface area contributed by atoms with Crippen LogP contribution in [0, 0.1) is 5.92 Å². The topological polar surface area (TPSA) is 109 Å². The number of hydrogen-bond donors (Lipinski definition) is 2. The second-order valence-electron chi connectivity index (χ2n) is 7.98. The van der Waals surface area contributed by atoms with Crippen molar-refractivity contribution in [2.24, 2.45) is 5.92 Å². The number of pyridine rings is 1. The van der Waals surface area contributed by atoms with Crippen LogP contribution in [0.1, 0.15) is 37.8 Å². The Morgan fingerprint density at radius 2 is 1.73 bits per heavy atom. The van der Waals surface area contributed by atoms with Gasteiger partial charge >= 0.3 is 0 Å². The summed E-state index contributed by atoms with van der Waals surface area (Å²) in [6.45, 7) is 0. The zero-order chi connectivity index (χ0) is 20.5. The Kier molecular flexibility index (Phi) is 4.78. The smallest absolute Gasteiger partial charge is 0.255 e. The van der Waals surface area contributed by atoms with Crippen LogP contribution in [0.2, 0.25) is 0 Å². The second-order valence-corrected chi connectivity index (χ2v) is 7.98. The predicted octanol–water partition coefficient (Wildman–Crippen LogP) is 4.16. The van der Waals surface area contributed by atoms with Gasteiger partial charge in [0, 0.05) is 23.3 Å². The van der Waals surface area contributed by atoms with E-state index in [1.807, 2.05) is 30.3 Å². The van der Waals surface area contributed by atoms with Gasteiger partial charge in [-0.05, 0) is 30.9 Å². The maximum Gasteiger partial charge on any atom is 0.255 e. The first-order chi connectivity index (χ1) is 14.7. The first-order valence-electron chi connectivity index (χ1n) is 10.5. The normalized spacial score (nSPS) is 14.5. The lowest BCUT2D eigenvalue weighted by atomic mass is 9.99. The second kappa shape index (κ2) is 7.74. The van der Waals surface area contributed by atoms with Crippen molar-refractivity contribution < 1.29 is 0 Å². The quantitative estimate of drug-likeness (QED) is 0.521. The Balaban J connectivity index is 1.54.